The Morgan fingerprint density at radius 1 is 0.897 bits per heavy atom. The summed E-state index contributed by atoms with van der Waals surface area (Å²) in [5.41, 5.74) is 3.31. The molecule has 0 aliphatic carbocycles. The molecule has 0 saturated heterocycles. The zero-order valence-electron chi connectivity index (χ0n) is 15.0. The minimum Gasteiger partial charge on any atom is -0.360 e. The normalized spacial score (nSPS) is 10.5. The van der Waals surface area contributed by atoms with E-state index in [0.29, 0.717) is 21.9 Å². The van der Waals surface area contributed by atoms with Crippen molar-refractivity contribution in [1.29, 1.82) is 0 Å². The first-order valence-corrected chi connectivity index (χ1v) is 10.3. The molecule has 0 radical (unpaired) electrons. The third-order valence-electron chi connectivity index (χ3n) is 4.11. The molecule has 2 amide bonds. The van der Waals surface area contributed by atoms with Gasteiger partial charge >= 0.3 is 0 Å². The molecule has 0 unspecified atom stereocenters. The Labute approximate surface area is 179 Å². The summed E-state index contributed by atoms with van der Waals surface area (Å²) in [4.78, 5) is 32.2. The van der Waals surface area contributed by atoms with E-state index in [-0.39, 0.29) is 11.8 Å². The van der Waals surface area contributed by atoms with E-state index in [0.717, 1.165) is 15.9 Å². The highest BCUT2D eigenvalue weighted by atomic mass is 79.9. The average Bonchev–Trinajstić information content (AvgIpc) is 3.41. The van der Waals surface area contributed by atoms with Crippen molar-refractivity contribution in [2.75, 3.05) is 10.6 Å². The van der Waals surface area contributed by atoms with Gasteiger partial charge in [-0.05, 0) is 60.7 Å². The number of anilines is 2. The van der Waals surface area contributed by atoms with Crippen LogP contribution < -0.4 is 10.6 Å². The quantitative estimate of drug-likeness (QED) is 0.367. The molecule has 3 N–H and O–H groups in total. The maximum Gasteiger partial charge on any atom is 0.257 e. The predicted octanol–water partition coefficient (Wildman–Crippen LogP) is 5.41. The molecule has 0 fully saturated rings. The number of halogens is 1. The maximum absolute atomic E-state index is 12.5. The number of aromatic nitrogens is 2. The number of benzene rings is 2. The van der Waals surface area contributed by atoms with Gasteiger partial charge in [0.25, 0.3) is 11.8 Å². The Kier molecular flexibility index (Phi) is 5.55. The molecule has 0 aliphatic heterocycles. The summed E-state index contributed by atoms with van der Waals surface area (Å²) in [5.74, 6) is -0.475. The largest absolute Gasteiger partial charge is 0.360 e. The smallest absolute Gasteiger partial charge is 0.257 e. The number of amides is 2. The van der Waals surface area contributed by atoms with Crippen LogP contribution in [0.15, 0.2) is 76.7 Å². The highest BCUT2D eigenvalue weighted by Gasteiger charge is 2.11. The molecule has 4 aromatic rings. The number of aromatic amines is 1. The molecule has 2 aromatic heterocycles. The van der Waals surface area contributed by atoms with Crippen molar-refractivity contribution in [3.63, 3.8) is 0 Å². The second-order valence-electron chi connectivity index (χ2n) is 6.11. The van der Waals surface area contributed by atoms with Gasteiger partial charge in [-0.2, -0.15) is 0 Å². The highest BCUT2D eigenvalue weighted by Crippen LogP contribution is 2.24. The number of carbonyl (C=O) groups excluding carboxylic acids is 2. The lowest BCUT2D eigenvalue weighted by Crippen LogP contribution is -2.13. The molecular formula is C21H15BrN4O2S. The van der Waals surface area contributed by atoms with Gasteiger partial charge in [0.1, 0.15) is 0 Å². The van der Waals surface area contributed by atoms with Crippen LogP contribution in [-0.2, 0) is 0 Å². The van der Waals surface area contributed by atoms with Crippen LogP contribution in [0.4, 0.5) is 10.8 Å². The molecule has 6 nitrogen and oxygen atoms in total. The van der Waals surface area contributed by atoms with Crippen LogP contribution in [-0.4, -0.2) is 21.8 Å². The van der Waals surface area contributed by atoms with Crippen molar-refractivity contribution < 1.29 is 9.59 Å². The van der Waals surface area contributed by atoms with Crippen molar-refractivity contribution in [3.8, 4) is 11.4 Å². The summed E-state index contributed by atoms with van der Waals surface area (Å²) in [6.07, 6.45) is 1.82. The van der Waals surface area contributed by atoms with Gasteiger partial charge in [-0.1, -0.05) is 15.9 Å². The van der Waals surface area contributed by atoms with Gasteiger partial charge in [-0.3, -0.25) is 14.9 Å². The van der Waals surface area contributed by atoms with Gasteiger partial charge < -0.3 is 10.3 Å². The number of hydrogen-bond donors (Lipinski definition) is 3. The summed E-state index contributed by atoms with van der Waals surface area (Å²) in [7, 11) is 0. The fourth-order valence-electron chi connectivity index (χ4n) is 2.62. The Balaban J connectivity index is 1.39. The number of carbonyl (C=O) groups is 2. The average molecular weight is 467 g/mol. The number of hydrogen-bond acceptors (Lipinski definition) is 4. The second-order valence-corrected chi connectivity index (χ2v) is 7.89. The molecule has 0 bridgehead atoms. The first-order valence-electron chi connectivity index (χ1n) is 8.66. The Hall–Kier alpha value is -3.23. The Morgan fingerprint density at radius 2 is 1.55 bits per heavy atom. The van der Waals surface area contributed by atoms with Crippen LogP contribution >= 0.6 is 27.3 Å². The number of nitrogens with one attached hydrogen (secondary N) is 3. The number of H-pyrrole nitrogens is 1. The van der Waals surface area contributed by atoms with Gasteiger partial charge in [-0.25, -0.2) is 4.98 Å². The minimum atomic E-state index is -0.261. The van der Waals surface area contributed by atoms with E-state index < -0.39 is 0 Å². The molecule has 8 heteroatoms. The van der Waals surface area contributed by atoms with Gasteiger partial charge in [0.05, 0.1) is 11.4 Å². The highest BCUT2D eigenvalue weighted by molar-refractivity contribution is 9.10. The van der Waals surface area contributed by atoms with E-state index in [1.165, 1.54) is 11.3 Å². The topological polar surface area (TPSA) is 86.9 Å². The molecule has 144 valence electrons. The number of thiazole rings is 1. The maximum atomic E-state index is 12.5. The van der Waals surface area contributed by atoms with Gasteiger partial charge in [0, 0.05) is 32.9 Å². The molecule has 0 saturated carbocycles. The molecule has 0 atom stereocenters. The summed E-state index contributed by atoms with van der Waals surface area (Å²) in [6.45, 7) is 0. The van der Waals surface area contributed by atoms with Crippen LogP contribution in [0.25, 0.3) is 11.4 Å². The zero-order valence-corrected chi connectivity index (χ0v) is 17.4. The van der Waals surface area contributed by atoms with Crippen molar-refractivity contribution in [1.82, 2.24) is 9.97 Å². The first kappa shape index (κ1) is 19.1. The van der Waals surface area contributed by atoms with E-state index >= 15 is 0 Å². The lowest BCUT2D eigenvalue weighted by Gasteiger charge is -2.07. The molecular weight excluding hydrogens is 452 g/mol. The van der Waals surface area contributed by atoms with Crippen molar-refractivity contribution >= 4 is 49.9 Å². The molecule has 2 aromatic carbocycles. The van der Waals surface area contributed by atoms with E-state index in [2.05, 4.69) is 36.5 Å². The summed E-state index contributed by atoms with van der Waals surface area (Å²) < 4.78 is 0.907. The van der Waals surface area contributed by atoms with E-state index in [9.17, 15) is 9.59 Å². The van der Waals surface area contributed by atoms with Crippen molar-refractivity contribution in [3.05, 3.63) is 87.8 Å². The van der Waals surface area contributed by atoms with Crippen LogP contribution in [0.2, 0.25) is 0 Å². The van der Waals surface area contributed by atoms with Crippen LogP contribution in [0.1, 0.15) is 20.7 Å². The van der Waals surface area contributed by atoms with E-state index in [1.807, 2.05) is 35.8 Å². The molecule has 0 spiro atoms. The number of nitrogens with zero attached hydrogens (tertiary/aromatic N) is 1. The molecule has 0 aliphatic rings. The van der Waals surface area contributed by atoms with Crippen LogP contribution in [0.3, 0.4) is 0 Å². The van der Waals surface area contributed by atoms with Crippen LogP contribution in [0.5, 0.6) is 0 Å². The van der Waals surface area contributed by atoms with Gasteiger partial charge in [0.2, 0.25) is 0 Å². The van der Waals surface area contributed by atoms with Crippen molar-refractivity contribution in [2.45, 2.75) is 0 Å². The minimum absolute atomic E-state index is 0.214. The van der Waals surface area contributed by atoms with Crippen molar-refractivity contribution in [2.24, 2.45) is 0 Å². The SMILES string of the molecule is O=C(Nc1ccc(C(=O)Nc2nc(-c3ccc[nH]3)cs2)cc1)c1ccc(Br)cc1. The summed E-state index contributed by atoms with van der Waals surface area (Å²) >= 11 is 4.70. The van der Waals surface area contributed by atoms with Gasteiger partial charge in [0.15, 0.2) is 5.13 Å². The fraction of sp³-hybridized carbons (Fsp3) is 0. The lowest BCUT2D eigenvalue weighted by atomic mass is 10.1. The summed E-state index contributed by atoms with van der Waals surface area (Å²) in [6, 6.07) is 17.6. The Morgan fingerprint density at radius 3 is 2.21 bits per heavy atom. The third kappa shape index (κ3) is 4.61. The van der Waals surface area contributed by atoms with Gasteiger partial charge in [-0.15, -0.1) is 11.3 Å². The third-order valence-corrected chi connectivity index (χ3v) is 5.40. The fourth-order valence-corrected chi connectivity index (χ4v) is 3.59. The number of rotatable bonds is 5. The molecule has 2 heterocycles. The van der Waals surface area contributed by atoms with Crippen LogP contribution in [0, 0.1) is 0 Å². The second kappa shape index (κ2) is 8.42. The summed E-state index contributed by atoms with van der Waals surface area (Å²) in [5, 5.41) is 8.01. The monoisotopic (exact) mass is 466 g/mol. The Bertz CT molecular complexity index is 1140. The first-order chi connectivity index (χ1) is 14.1. The lowest BCUT2D eigenvalue weighted by molar-refractivity contribution is 0.102. The standard InChI is InChI=1S/C21H15BrN4O2S/c22-15-7-3-13(4-8-15)19(27)24-16-9-5-14(6-10-16)20(28)26-21-25-18(12-29-21)17-2-1-11-23-17/h1-12,23H,(H,24,27)(H,25,26,28). The van der Waals surface area contributed by atoms with E-state index in [4.69, 9.17) is 0 Å². The molecule has 4 rings (SSSR count). The van der Waals surface area contributed by atoms with E-state index in [1.54, 1.807) is 36.4 Å². The zero-order chi connectivity index (χ0) is 20.2. The predicted molar refractivity (Wildman–Crippen MR) is 118 cm³/mol. The molecule has 29 heavy (non-hydrogen) atoms.